The van der Waals surface area contributed by atoms with Crippen LogP contribution in [0.25, 0.3) is 0 Å². The molecule has 1 aromatic rings. The maximum atomic E-state index is 10.5. The Bertz CT molecular complexity index is 324. The van der Waals surface area contributed by atoms with E-state index in [1.165, 1.54) is 6.07 Å². The number of rotatable bonds is 6. The first-order valence-corrected chi connectivity index (χ1v) is 6.11. The van der Waals surface area contributed by atoms with E-state index >= 15 is 0 Å². The highest BCUT2D eigenvalue weighted by Gasteiger charge is 2.10. The Balaban J connectivity index is 2.46. The van der Waals surface area contributed by atoms with Crippen molar-refractivity contribution in [2.75, 3.05) is 17.3 Å². The van der Waals surface area contributed by atoms with Crippen LogP contribution in [0.3, 0.4) is 0 Å². The molecule has 0 radical (unpaired) electrons. The molecule has 0 saturated carbocycles. The summed E-state index contributed by atoms with van der Waals surface area (Å²) in [7, 11) is 0. The highest BCUT2D eigenvalue weighted by atomic mass is 32.2. The van der Waals surface area contributed by atoms with Crippen molar-refractivity contribution in [3.63, 3.8) is 0 Å². The molecule has 0 spiro atoms. The molecule has 1 aromatic heterocycles. The third-order valence-electron chi connectivity index (χ3n) is 1.96. The molecule has 1 atom stereocenters. The van der Waals surface area contributed by atoms with Gasteiger partial charge in [-0.25, -0.2) is 4.79 Å². The lowest BCUT2D eigenvalue weighted by Gasteiger charge is -2.11. The Kier molecular flexibility index (Phi) is 4.55. The van der Waals surface area contributed by atoms with Crippen LogP contribution in [-0.2, 0) is 0 Å². The molecule has 1 unspecified atom stereocenters. The summed E-state index contributed by atoms with van der Waals surface area (Å²) in [6.45, 7) is 2.04. The average Bonchev–Trinajstić information content (AvgIpc) is 2.63. The number of aromatic carboxylic acids is 1. The van der Waals surface area contributed by atoms with Gasteiger partial charge in [-0.3, -0.25) is 0 Å². The first-order valence-electron chi connectivity index (χ1n) is 4.72. The summed E-state index contributed by atoms with van der Waals surface area (Å²) >= 11 is 1.79. The summed E-state index contributed by atoms with van der Waals surface area (Å²) in [5, 5.41) is 11.8. The zero-order valence-electron chi connectivity index (χ0n) is 8.82. The number of hydrogen-bond acceptors (Lipinski definition) is 4. The molecular weight excluding hydrogens is 214 g/mol. The SMILES string of the molecule is CSCCC(C)Nc1ccc(C(=O)O)o1. The fourth-order valence-corrected chi connectivity index (χ4v) is 1.73. The molecule has 0 amide bonds. The lowest BCUT2D eigenvalue weighted by Crippen LogP contribution is -2.15. The van der Waals surface area contributed by atoms with Gasteiger partial charge in [0.2, 0.25) is 5.76 Å². The van der Waals surface area contributed by atoms with Gasteiger partial charge < -0.3 is 14.8 Å². The maximum Gasteiger partial charge on any atom is 0.371 e. The van der Waals surface area contributed by atoms with Crippen molar-refractivity contribution in [3.05, 3.63) is 17.9 Å². The maximum absolute atomic E-state index is 10.5. The number of furan rings is 1. The summed E-state index contributed by atoms with van der Waals surface area (Å²) < 4.78 is 5.08. The molecule has 0 saturated heterocycles. The minimum atomic E-state index is -1.04. The van der Waals surface area contributed by atoms with Gasteiger partial charge in [-0.2, -0.15) is 11.8 Å². The predicted molar refractivity (Wildman–Crippen MR) is 61.8 cm³/mol. The fraction of sp³-hybridized carbons (Fsp3) is 0.500. The fourth-order valence-electron chi connectivity index (χ4n) is 1.14. The van der Waals surface area contributed by atoms with Crippen LogP contribution < -0.4 is 5.32 Å². The van der Waals surface area contributed by atoms with E-state index < -0.39 is 5.97 Å². The van der Waals surface area contributed by atoms with Crippen LogP contribution in [0.15, 0.2) is 16.5 Å². The molecule has 4 nitrogen and oxygen atoms in total. The molecular formula is C10H15NO3S. The van der Waals surface area contributed by atoms with Crippen LogP contribution in [0.5, 0.6) is 0 Å². The number of carboxylic acid groups (broad SMARTS) is 1. The van der Waals surface area contributed by atoms with E-state index in [0.717, 1.165) is 12.2 Å². The minimum Gasteiger partial charge on any atom is -0.475 e. The Morgan fingerprint density at radius 3 is 2.93 bits per heavy atom. The molecule has 5 heteroatoms. The van der Waals surface area contributed by atoms with Crippen molar-refractivity contribution >= 4 is 23.6 Å². The molecule has 84 valence electrons. The van der Waals surface area contributed by atoms with Crippen molar-refractivity contribution in [1.82, 2.24) is 0 Å². The smallest absolute Gasteiger partial charge is 0.371 e. The zero-order valence-corrected chi connectivity index (χ0v) is 9.63. The second kappa shape index (κ2) is 5.70. The zero-order chi connectivity index (χ0) is 11.3. The van der Waals surface area contributed by atoms with E-state index in [-0.39, 0.29) is 11.8 Å². The molecule has 0 bridgehead atoms. The lowest BCUT2D eigenvalue weighted by atomic mass is 10.2. The van der Waals surface area contributed by atoms with Crippen molar-refractivity contribution in [2.45, 2.75) is 19.4 Å². The van der Waals surface area contributed by atoms with Crippen molar-refractivity contribution in [1.29, 1.82) is 0 Å². The number of hydrogen-bond donors (Lipinski definition) is 2. The van der Waals surface area contributed by atoms with Crippen LogP contribution in [0.4, 0.5) is 5.88 Å². The normalized spacial score (nSPS) is 12.4. The monoisotopic (exact) mass is 229 g/mol. The molecule has 0 aliphatic heterocycles. The standard InChI is InChI=1S/C10H15NO3S/c1-7(5-6-15-2)11-9-4-3-8(14-9)10(12)13/h3-4,7,11H,5-6H2,1-2H3,(H,12,13). The van der Waals surface area contributed by atoms with Crippen molar-refractivity contribution in [3.8, 4) is 0 Å². The summed E-state index contributed by atoms with van der Waals surface area (Å²) in [6, 6.07) is 3.37. The van der Waals surface area contributed by atoms with Gasteiger partial charge in [0.15, 0.2) is 5.88 Å². The largest absolute Gasteiger partial charge is 0.475 e. The van der Waals surface area contributed by atoms with Gasteiger partial charge in [-0.15, -0.1) is 0 Å². The topological polar surface area (TPSA) is 62.5 Å². The molecule has 15 heavy (non-hydrogen) atoms. The Morgan fingerprint density at radius 2 is 2.40 bits per heavy atom. The number of anilines is 1. The van der Waals surface area contributed by atoms with Gasteiger partial charge in [-0.1, -0.05) is 0 Å². The Labute approximate surface area is 93.0 Å². The second-order valence-corrected chi connectivity index (χ2v) is 4.28. The van der Waals surface area contributed by atoms with Gasteiger partial charge in [-0.05, 0) is 31.4 Å². The molecule has 0 aromatic carbocycles. The molecule has 1 heterocycles. The molecule has 1 rings (SSSR count). The lowest BCUT2D eigenvalue weighted by molar-refractivity contribution is 0.0663. The van der Waals surface area contributed by atoms with Crippen molar-refractivity contribution in [2.24, 2.45) is 0 Å². The summed E-state index contributed by atoms with van der Waals surface area (Å²) in [5.74, 6) is 0.510. The van der Waals surface area contributed by atoms with E-state index in [4.69, 9.17) is 9.52 Å². The van der Waals surface area contributed by atoms with Gasteiger partial charge >= 0.3 is 5.97 Å². The van der Waals surface area contributed by atoms with E-state index in [9.17, 15) is 4.79 Å². The molecule has 2 N–H and O–H groups in total. The van der Waals surface area contributed by atoms with Gasteiger partial charge in [0.1, 0.15) is 0 Å². The van der Waals surface area contributed by atoms with Gasteiger partial charge in [0, 0.05) is 12.1 Å². The highest BCUT2D eigenvalue weighted by Crippen LogP contribution is 2.15. The van der Waals surface area contributed by atoms with E-state index in [0.29, 0.717) is 5.88 Å². The Morgan fingerprint density at radius 1 is 1.67 bits per heavy atom. The molecule has 0 fully saturated rings. The van der Waals surface area contributed by atoms with E-state index in [2.05, 4.69) is 11.6 Å². The number of carbonyl (C=O) groups is 1. The van der Waals surface area contributed by atoms with Crippen LogP contribution in [0, 0.1) is 0 Å². The van der Waals surface area contributed by atoms with Crippen LogP contribution in [0.2, 0.25) is 0 Å². The first kappa shape index (κ1) is 12.0. The Hall–Kier alpha value is -1.10. The summed E-state index contributed by atoms with van der Waals surface area (Å²) in [5.41, 5.74) is 0. The van der Waals surface area contributed by atoms with Crippen LogP contribution in [-0.4, -0.2) is 29.1 Å². The highest BCUT2D eigenvalue weighted by molar-refractivity contribution is 7.98. The molecule has 0 aliphatic carbocycles. The number of nitrogens with one attached hydrogen (secondary N) is 1. The van der Waals surface area contributed by atoms with Crippen LogP contribution >= 0.6 is 11.8 Å². The van der Waals surface area contributed by atoms with Crippen molar-refractivity contribution < 1.29 is 14.3 Å². The average molecular weight is 229 g/mol. The minimum absolute atomic E-state index is 0.0328. The third-order valence-corrected chi connectivity index (χ3v) is 2.60. The summed E-state index contributed by atoms with van der Waals surface area (Å²) in [4.78, 5) is 10.5. The number of carboxylic acids is 1. The van der Waals surface area contributed by atoms with E-state index in [1.807, 2.05) is 6.92 Å². The van der Waals surface area contributed by atoms with Gasteiger partial charge in [0.25, 0.3) is 0 Å². The third kappa shape index (κ3) is 3.87. The van der Waals surface area contributed by atoms with Gasteiger partial charge in [0.05, 0.1) is 0 Å². The second-order valence-electron chi connectivity index (χ2n) is 3.30. The van der Waals surface area contributed by atoms with E-state index in [1.54, 1.807) is 17.8 Å². The number of thioether (sulfide) groups is 1. The molecule has 0 aliphatic rings. The van der Waals surface area contributed by atoms with Crippen LogP contribution in [0.1, 0.15) is 23.9 Å². The predicted octanol–water partition coefficient (Wildman–Crippen LogP) is 2.53. The first-order chi connectivity index (χ1) is 7.13. The quantitative estimate of drug-likeness (QED) is 0.784. The summed E-state index contributed by atoms with van der Waals surface area (Å²) in [6.07, 6.45) is 3.08.